The Balaban J connectivity index is 3.95. The first-order chi connectivity index (χ1) is 13.2. The van der Waals surface area contributed by atoms with Gasteiger partial charge in [-0.3, -0.25) is 0 Å². The van der Waals surface area contributed by atoms with Crippen LogP contribution in [0.4, 0.5) is 0 Å². The average molecular weight is 428 g/mol. The predicted octanol–water partition coefficient (Wildman–Crippen LogP) is 3.09. The van der Waals surface area contributed by atoms with Crippen LogP contribution in [0.15, 0.2) is 0 Å². The molecule has 0 rings (SSSR count). The van der Waals surface area contributed by atoms with E-state index in [2.05, 4.69) is 11.8 Å². The summed E-state index contributed by atoms with van der Waals surface area (Å²) in [5.41, 5.74) is 0. The number of hydrogen-bond acceptors (Lipinski definition) is 6. The monoisotopic (exact) mass is 427 g/mol. The third-order valence-electron chi connectivity index (χ3n) is 4.34. The molecule has 0 aliphatic rings. The predicted molar refractivity (Wildman–Crippen MR) is 118 cm³/mol. The van der Waals surface area contributed by atoms with Gasteiger partial charge in [0.2, 0.25) is 0 Å². The molecule has 2 atom stereocenters. The molecule has 0 aliphatic carbocycles. The molecular formula is C19H43NO5P2. The molecule has 0 aliphatic heterocycles. The largest absolute Gasteiger partial charge is 0.382 e. The molecule has 164 valence electrons. The first kappa shape index (κ1) is 27.6. The number of hydrogen-bond donors (Lipinski definition) is 0. The Hall–Kier alpha value is 0.620. The van der Waals surface area contributed by atoms with Gasteiger partial charge in [-0.25, -0.2) is 0 Å². The number of ether oxygens (including phenoxy) is 5. The van der Waals surface area contributed by atoms with Gasteiger partial charge in [0.1, 0.15) is 0 Å². The maximum atomic E-state index is 5.49. The highest BCUT2D eigenvalue weighted by molar-refractivity contribution is 7.38. The summed E-state index contributed by atoms with van der Waals surface area (Å²) >= 11 is 0. The van der Waals surface area contributed by atoms with E-state index in [0.29, 0.717) is 0 Å². The molecule has 0 fully saturated rings. The summed E-state index contributed by atoms with van der Waals surface area (Å²) in [6.45, 7) is 7.22. The Bertz CT molecular complexity index is 273. The summed E-state index contributed by atoms with van der Waals surface area (Å²) in [5.74, 6) is 0. The van der Waals surface area contributed by atoms with Gasteiger partial charge in [-0.15, -0.1) is 17.2 Å². The smallest absolute Gasteiger partial charge is 0.157 e. The Morgan fingerprint density at radius 2 is 1.19 bits per heavy atom. The van der Waals surface area contributed by atoms with Gasteiger partial charge >= 0.3 is 0 Å². The SMILES string of the molecule is CCOCCCN(CCPCCC(OC)OC)CCPCCC(OC)OC. The third-order valence-corrected chi connectivity index (χ3v) is 6.78. The van der Waals surface area contributed by atoms with Gasteiger partial charge < -0.3 is 28.6 Å². The lowest BCUT2D eigenvalue weighted by Gasteiger charge is -2.22. The van der Waals surface area contributed by atoms with Crippen LogP contribution in [0.25, 0.3) is 0 Å². The lowest BCUT2D eigenvalue weighted by molar-refractivity contribution is -0.102. The standard InChI is InChI=1S/C19H43NO5P2/c1-6-25-13-7-10-20(11-16-26-14-8-18(21-2)22-3)12-17-27-15-9-19(23-4)24-5/h18-19,26-27H,6-17H2,1-5H3. The molecule has 0 radical (unpaired) electrons. The van der Waals surface area contributed by atoms with Gasteiger partial charge in [0, 0.05) is 74.1 Å². The Labute approximate surface area is 170 Å². The quantitative estimate of drug-likeness (QED) is 0.159. The van der Waals surface area contributed by atoms with Crippen molar-refractivity contribution in [2.24, 2.45) is 0 Å². The van der Waals surface area contributed by atoms with E-state index in [1.165, 1.54) is 37.7 Å². The van der Waals surface area contributed by atoms with Crippen LogP contribution in [0, 0.1) is 0 Å². The fourth-order valence-corrected chi connectivity index (χ4v) is 5.03. The minimum Gasteiger partial charge on any atom is -0.382 e. The zero-order chi connectivity index (χ0) is 20.2. The number of rotatable bonds is 21. The first-order valence-corrected chi connectivity index (χ1v) is 12.9. The van der Waals surface area contributed by atoms with Crippen molar-refractivity contribution in [1.29, 1.82) is 0 Å². The summed E-state index contributed by atoms with van der Waals surface area (Å²) < 4.78 is 26.5. The van der Waals surface area contributed by atoms with E-state index in [9.17, 15) is 0 Å². The minimum absolute atomic E-state index is 0.0518. The van der Waals surface area contributed by atoms with E-state index in [-0.39, 0.29) is 12.6 Å². The molecule has 0 saturated carbocycles. The van der Waals surface area contributed by atoms with Crippen LogP contribution in [0.3, 0.4) is 0 Å². The highest BCUT2D eigenvalue weighted by atomic mass is 31.1. The van der Waals surface area contributed by atoms with Crippen molar-refractivity contribution in [3.63, 3.8) is 0 Å². The molecule has 2 unspecified atom stereocenters. The second kappa shape index (κ2) is 21.3. The van der Waals surface area contributed by atoms with E-state index < -0.39 is 0 Å². The molecular weight excluding hydrogens is 384 g/mol. The Kier molecular flexibility index (Phi) is 21.8. The fourth-order valence-electron chi connectivity index (χ4n) is 2.70. The lowest BCUT2D eigenvalue weighted by Crippen LogP contribution is -2.30. The van der Waals surface area contributed by atoms with Crippen LogP contribution in [-0.2, 0) is 23.7 Å². The summed E-state index contributed by atoms with van der Waals surface area (Å²) in [6.07, 6.45) is 7.85. The molecule has 0 amide bonds. The molecule has 0 aromatic heterocycles. The second-order valence-corrected chi connectivity index (χ2v) is 9.27. The van der Waals surface area contributed by atoms with Gasteiger partial charge in [0.05, 0.1) is 0 Å². The van der Waals surface area contributed by atoms with Crippen molar-refractivity contribution in [2.75, 3.05) is 85.9 Å². The minimum atomic E-state index is -0.0518. The molecule has 0 aromatic carbocycles. The van der Waals surface area contributed by atoms with E-state index in [4.69, 9.17) is 23.7 Å². The Morgan fingerprint density at radius 1 is 0.704 bits per heavy atom. The maximum absolute atomic E-state index is 5.49. The number of methoxy groups -OCH3 is 4. The average Bonchev–Trinajstić information content (AvgIpc) is 2.70. The van der Waals surface area contributed by atoms with Crippen molar-refractivity contribution < 1.29 is 23.7 Å². The summed E-state index contributed by atoms with van der Waals surface area (Å²) in [7, 11) is 8.77. The highest BCUT2D eigenvalue weighted by Gasteiger charge is 2.08. The topological polar surface area (TPSA) is 49.4 Å². The van der Waals surface area contributed by atoms with Crippen molar-refractivity contribution in [3.05, 3.63) is 0 Å². The van der Waals surface area contributed by atoms with Crippen molar-refractivity contribution >= 4 is 17.2 Å². The van der Waals surface area contributed by atoms with Crippen LogP contribution in [-0.4, -0.2) is 103 Å². The van der Waals surface area contributed by atoms with Crippen molar-refractivity contribution in [1.82, 2.24) is 4.90 Å². The third kappa shape index (κ3) is 17.2. The van der Waals surface area contributed by atoms with E-state index >= 15 is 0 Å². The molecule has 0 saturated heterocycles. The second-order valence-electron chi connectivity index (χ2n) is 6.27. The van der Waals surface area contributed by atoms with Crippen LogP contribution < -0.4 is 0 Å². The lowest BCUT2D eigenvalue weighted by atomic mass is 10.4. The molecule has 0 heterocycles. The van der Waals surface area contributed by atoms with Gasteiger partial charge in [-0.05, 0) is 38.0 Å². The van der Waals surface area contributed by atoms with Gasteiger partial charge in [0.25, 0.3) is 0 Å². The maximum Gasteiger partial charge on any atom is 0.157 e. The molecule has 0 spiro atoms. The van der Waals surface area contributed by atoms with Crippen molar-refractivity contribution in [2.45, 2.75) is 38.8 Å². The van der Waals surface area contributed by atoms with Crippen LogP contribution >= 0.6 is 17.2 Å². The van der Waals surface area contributed by atoms with Crippen LogP contribution in [0.2, 0.25) is 0 Å². The molecule has 0 bridgehead atoms. The van der Waals surface area contributed by atoms with Gasteiger partial charge in [-0.2, -0.15) is 0 Å². The zero-order valence-electron chi connectivity index (χ0n) is 18.1. The van der Waals surface area contributed by atoms with Crippen LogP contribution in [0.1, 0.15) is 26.2 Å². The van der Waals surface area contributed by atoms with E-state index in [0.717, 1.165) is 56.2 Å². The zero-order valence-corrected chi connectivity index (χ0v) is 20.1. The Morgan fingerprint density at radius 3 is 1.59 bits per heavy atom. The summed E-state index contributed by atoms with van der Waals surface area (Å²) in [4.78, 5) is 2.60. The summed E-state index contributed by atoms with van der Waals surface area (Å²) in [5, 5.41) is 0. The molecule has 0 aromatic rings. The van der Waals surface area contributed by atoms with Crippen LogP contribution in [0.5, 0.6) is 0 Å². The van der Waals surface area contributed by atoms with Crippen molar-refractivity contribution in [3.8, 4) is 0 Å². The molecule has 27 heavy (non-hydrogen) atoms. The van der Waals surface area contributed by atoms with Gasteiger partial charge in [-0.1, -0.05) is 0 Å². The summed E-state index contributed by atoms with van der Waals surface area (Å²) in [6, 6.07) is 0. The van der Waals surface area contributed by atoms with E-state index in [1.807, 2.05) is 0 Å². The number of nitrogens with zero attached hydrogens (tertiary/aromatic N) is 1. The molecule has 8 heteroatoms. The molecule has 6 nitrogen and oxygen atoms in total. The van der Waals surface area contributed by atoms with E-state index in [1.54, 1.807) is 28.4 Å². The highest BCUT2D eigenvalue weighted by Crippen LogP contribution is 2.17. The fraction of sp³-hybridized carbons (Fsp3) is 1.00. The molecule has 0 N–H and O–H groups in total. The van der Waals surface area contributed by atoms with Gasteiger partial charge in [0.15, 0.2) is 12.6 Å². The first-order valence-electron chi connectivity index (χ1n) is 10.0. The normalized spacial score (nSPS) is 12.9.